The summed E-state index contributed by atoms with van der Waals surface area (Å²) < 4.78 is 0. The first-order chi connectivity index (χ1) is 65.3. The van der Waals surface area contributed by atoms with Gasteiger partial charge < -0.3 is 19.6 Å². The summed E-state index contributed by atoms with van der Waals surface area (Å²) in [5.41, 5.74) is 41.3. The van der Waals surface area contributed by atoms with E-state index < -0.39 is 0 Å². The van der Waals surface area contributed by atoms with Gasteiger partial charge in [-0.2, -0.15) is 5.26 Å². The highest BCUT2D eigenvalue weighted by atomic mass is 15.2. The molecule has 4 aliphatic carbocycles. The first-order valence-electron chi connectivity index (χ1n) is 47.1. The number of allylic oxidation sites excluding steroid dienone is 4. The van der Waals surface area contributed by atoms with E-state index in [1.54, 1.807) is 0 Å². The molecule has 0 fully saturated rings. The Hall–Kier alpha value is -16.1. The normalized spacial score (nSPS) is 13.9. The molecule has 0 heterocycles. The molecule has 2 atom stereocenters. The zero-order chi connectivity index (χ0) is 91.3. The molecular formula is C128H100N6. The number of fused-ring (bicyclic) bond motifs is 13. The van der Waals surface area contributed by atoms with Crippen LogP contribution < -0.4 is 30.0 Å². The van der Waals surface area contributed by atoms with Crippen LogP contribution >= 0.6 is 0 Å². The van der Waals surface area contributed by atoms with Crippen LogP contribution in [-0.4, -0.2) is 0 Å². The zero-order valence-electron chi connectivity index (χ0n) is 77.6. The maximum Gasteiger partial charge on any atom is 0.195 e. The van der Waals surface area contributed by atoms with Gasteiger partial charge in [0.15, 0.2) is 5.69 Å². The Morgan fingerprint density at radius 1 is 0.299 bits per heavy atom. The number of hydrogen-bond donors (Lipinski definition) is 0. The number of anilines is 12. The molecule has 6 nitrogen and oxygen atoms in total. The van der Waals surface area contributed by atoms with Crippen molar-refractivity contribution in [2.45, 2.75) is 101 Å². The molecule has 24 rings (SSSR count). The van der Waals surface area contributed by atoms with E-state index in [9.17, 15) is 5.26 Å². The third-order valence-electron chi connectivity index (χ3n) is 28.7. The Balaban J connectivity index is 0.000000151. The molecule has 0 aliphatic heterocycles. The fourth-order valence-electron chi connectivity index (χ4n) is 22.7. The fraction of sp³-hybridized carbons (Fsp3) is 0.125. The molecule has 0 N–H and O–H groups in total. The van der Waals surface area contributed by atoms with Crippen LogP contribution in [0.15, 0.2) is 375 Å². The summed E-state index contributed by atoms with van der Waals surface area (Å²) in [7, 11) is 0. The summed E-state index contributed by atoms with van der Waals surface area (Å²) >= 11 is 0. The highest BCUT2D eigenvalue weighted by molar-refractivity contribution is 6.47. The number of aryl methyl sites for hydroxylation is 8. The third kappa shape index (κ3) is 13.4. The Bertz CT molecular complexity index is 8040. The van der Waals surface area contributed by atoms with Crippen LogP contribution in [0.5, 0.6) is 0 Å². The molecule has 0 saturated carbocycles. The van der Waals surface area contributed by atoms with Crippen molar-refractivity contribution >= 4 is 150 Å². The first kappa shape index (κ1) is 82.3. The number of hydrogen-bond acceptors (Lipinski definition) is 5. The van der Waals surface area contributed by atoms with Crippen molar-refractivity contribution in [2.24, 2.45) is 5.92 Å². The molecule has 6 heteroatoms. The standard InChI is InChI=1S/C66H48N2.C62H52N4/c1-41-21-29-47(30-22-41)67(48-31-23-42(2)24-32-48)57-39-37-55-61-51(57)17-11-19-53(61)63-59(45-13-7-5-8-14-45)66-56-38-40-58(68(49-33-25-43(3)26-34-49)50-35-27-44(4)28-36-50)52-18-12-20-54(62(52)56)64(66)60(65(55)63)46-15-9-6-10-16-46;1-35(2)41-10-15-44(16-11-41)65(48-28-37(5)26-38(6)29-48)46-19-22-51-55(33-46)53-24-25-56(64-9)62-60-52-23-20-47(32-54(52)50-21-14-43(34-63)57(58(50)60)59(51)61(53)62)66(49-30-39(7)27-40(8)31-49)45-17-12-42(13-18-45)36(3)4/h5-40H,1-4H3;10-33,35-36,50,58H,1-8H3. The van der Waals surface area contributed by atoms with Crippen LogP contribution in [0.2, 0.25) is 0 Å². The van der Waals surface area contributed by atoms with Crippen LogP contribution in [-0.2, 0) is 0 Å². The molecule has 0 amide bonds. The SMILES string of the molecule is Cc1ccc(N(c2ccc(C)cc2)c2ccc3c4c(-c5ccccc5)c5c6cccc7c(N(c8ccc(C)cc8)c8ccc(C)cc8)ccc(c5c(-c5ccccc5)c4c4cccc2c43)c76)cc1.[C-]#[N+]c1ccc2c3c1=C1c4ccc(N(c5ccc(C(C)C)cc5)c5cc(C)cc(C)c5)cc4C4C=CC(C#N)=C(C=3c3ccc(N(c5ccc(C(C)C)cc5)c5cc(C)cc(C)c5)cc3-2)C14. The van der Waals surface area contributed by atoms with E-state index in [0.717, 1.165) is 118 Å². The van der Waals surface area contributed by atoms with Crippen LogP contribution in [0.1, 0.15) is 118 Å². The van der Waals surface area contributed by atoms with E-state index in [0.29, 0.717) is 23.1 Å². The quantitative estimate of drug-likeness (QED) is 0.0902. The average Bonchev–Trinajstić information content (AvgIpc) is 1.51. The van der Waals surface area contributed by atoms with Gasteiger partial charge in [0.25, 0.3) is 0 Å². The molecule has 0 radical (unpaired) electrons. The van der Waals surface area contributed by atoms with E-state index in [1.807, 2.05) is 6.07 Å². The van der Waals surface area contributed by atoms with Crippen molar-refractivity contribution in [1.29, 1.82) is 5.26 Å². The Morgan fingerprint density at radius 2 is 0.672 bits per heavy atom. The van der Waals surface area contributed by atoms with Gasteiger partial charge in [-0.25, -0.2) is 4.85 Å². The minimum absolute atomic E-state index is 0.00784. The largest absolute Gasteiger partial charge is 0.310 e. The summed E-state index contributed by atoms with van der Waals surface area (Å²) in [6.45, 7) is 34.8. The van der Waals surface area contributed by atoms with E-state index in [-0.39, 0.29) is 11.8 Å². The van der Waals surface area contributed by atoms with E-state index >= 15 is 0 Å². The summed E-state index contributed by atoms with van der Waals surface area (Å²) in [6, 6.07) is 134. The average molecular weight is 1720 g/mol. The molecule has 2 unspecified atom stereocenters. The third-order valence-corrected chi connectivity index (χ3v) is 28.7. The van der Waals surface area contributed by atoms with Gasteiger partial charge in [0.2, 0.25) is 0 Å². The topological polar surface area (TPSA) is 41.1 Å². The lowest BCUT2D eigenvalue weighted by atomic mass is 9.71. The maximum absolute atomic E-state index is 11.0. The molecule has 0 saturated heterocycles. The number of benzene rings is 18. The Labute approximate surface area is 784 Å². The van der Waals surface area contributed by atoms with Crippen LogP contribution in [0.4, 0.5) is 73.9 Å². The zero-order valence-corrected chi connectivity index (χ0v) is 77.6. The van der Waals surface area contributed by atoms with E-state index in [2.05, 4.69) is 472 Å². The van der Waals surface area contributed by atoms with Crippen LogP contribution in [0, 0.1) is 79.2 Å². The highest BCUT2D eigenvalue weighted by Gasteiger charge is 2.47. The highest BCUT2D eigenvalue weighted by Crippen LogP contribution is 2.61. The number of nitriles is 1. The second-order valence-electron chi connectivity index (χ2n) is 38.2. The number of rotatable bonds is 16. The lowest BCUT2D eigenvalue weighted by Crippen LogP contribution is -2.37. The number of nitrogens with zero attached hydrogens (tertiary/aromatic N) is 6. The monoisotopic (exact) mass is 1720 g/mol. The van der Waals surface area contributed by atoms with Gasteiger partial charge in [0.05, 0.1) is 29.6 Å². The van der Waals surface area contributed by atoms with Crippen molar-refractivity contribution < 1.29 is 0 Å². The molecular weight excluding hydrogens is 1620 g/mol. The maximum atomic E-state index is 11.0. The summed E-state index contributed by atoms with van der Waals surface area (Å²) in [4.78, 5) is 13.9. The first-order valence-corrected chi connectivity index (χ1v) is 47.1. The second-order valence-corrected chi connectivity index (χ2v) is 38.2. The van der Waals surface area contributed by atoms with Crippen molar-refractivity contribution in [2.75, 3.05) is 19.6 Å². The molecule has 642 valence electrons. The van der Waals surface area contributed by atoms with Gasteiger partial charge in [-0.1, -0.05) is 274 Å². The van der Waals surface area contributed by atoms with Gasteiger partial charge in [0.1, 0.15) is 0 Å². The van der Waals surface area contributed by atoms with Crippen LogP contribution in [0.25, 0.3) is 114 Å². The van der Waals surface area contributed by atoms with E-state index in [1.165, 1.54) is 148 Å². The lowest BCUT2D eigenvalue weighted by Gasteiger charge is -2.31. The summed E-state index contributed by atoms with van der Waals surface area (Å²) in [5.74, 6) is 0.752. The molecule has 0 bridgehead atoms. The molecule has 4 aliphatic rings. The molecule has 134 heavy (non-hydrogen) atoms. The minimum atomic E-state index is -0.106. The van der Waals surface area contributed by atoms with Gasteiger partial charge >= 0.3 is 0 Å². The molecule has 20 aromatic rings. The van der Waals surface area contributed by atoms with Crippen LogP contribution in [0.3, 0.4) is 0 Å². The lowest BCUT2D eigenvalue weighted by molar-refractivity contribution is 0.717. The predicted molar refractivity (Wildman–Crippen MR) is 566 cm³/mol. The Kier molecular flexibility index (Phi) is 19.9. The summed E-state index contributed by atoms with van der Waals surface area (Å²) in [6.07, 6.45) is 4.31. The van der Waals surface area contributed by atoms with Gasteiger partial charge in [-0.15, -0.1) is 0 Å². The Morgan fingerprint density at radius 3 is 1.08 bits per heavy atom. The fourth-order valence-corrected chi connectivity index (χ4v) is 22.7. The van der Waals surface area contributed by atoms with Gasteiger partial charge in [-0.05, 0) is 371 Å². The molecule has 20 aromatic carbocycles. The molecule has 0 aromatic heterocycles. The smallest absolute Gasteiger partial charge is 0.195 e. The second kappa shape index (κ2) is 32.5. The van der Waals surface area contributed by atoms with Gasteiger partial charge in [0, 0.05) is 79.5 Å². The van der Waals surface area contributed by atoms with Crippen molar-refractivity contribution in [3.05, 3.63) is 469 Å². The molecule has 0 spiro atoms. The summed E-state index contributed by atoms with van der Waals surface area (Å²) in [5, 5.41) is 28.4. The predicted octanol–water partition coefficient (Wildman–Crippen LogP) is 34.1. The minimum Gasteiger partial charge on any atom is -0.310 e. The van der Waals surface area contributed by atoms with Crippen molar-refractivity contribution in [3.8, 4) is 39.4 Å². The van der Waals surface area contributed by atoms with Crippen molar-refractivity contribution in [3.63, 3.8) is 0 Å². The van der Waals surface area contributed by atoms with E-state index in [4.69, 9.17) is 6.57 Å². The van der Waals surface area contributed by atoms with Crippen molar-refractivity contribution in [1.82, 2.24) is 0 Å². The van der Waals surface area contributed by atoms with Gasteiger partial charge in [-0.3, -0.25) is 0 Å².